The van der Waals surface area contributed by atoms with E-state index in [0.29, 0.717) is 6.61 Å². The molecule has 0 bridgehead atoms. The van der Waals surface area contributed by atoms with Gasteiger partial charge in [0.1, 0.15) is 6.54 Å². The van der Waals surface area contributed by atoms with Crippen molar-refractivity contribution in [2.45, 2.75) is 38.5 Å². The second-order valence-corrected chi connectivity index (χ2v) is 4.84. The van der Waals surface area contributed by atoms with E-state index >= 15 is 0 Å². The van der Waals surface area contributed by atoms with Crippen molar-refractivity contribution in [1.29, 1.82) is 0 Å². The minimum absolute atomic E-state index is 0.0358. The molecule has 0 saturated heterocycles. The van der Waals surface area contributed by atoms with Crippen LogP contribution in [0.25, 0.3) is 0 Å². The number of rotatable bonds is 7. The van der Waals surface area contributed by atoms with Crippen LogP contribution < -0.4 is 5.73 Å². The van der Waals surface area contributed by atoms with E-state index in [1.165, 1.54) is 0 Å². The highest BCUT2D eigenvalue weighted by Gasteiger charge is 2.36. The highest BCUT2D eigenvalue weighted by Crippen LogP contribution is 2.33. The molecule has 112 valence electrons. The summed E-state index contributed by atoms with van der Waals surface area (Å²) in [6, 6.07) is 0. The van der Waals surface area contributed by atoms with Gasteiger partial charge in [-0.15, -0.1) is 0 Å². The summed E-state index contributed by atoms with van der Waals surface area (Å²) in [5.74, 6) is -0.333. The Kier molecular flexibility index (Phi) is 6.06. The van der Waals surface area contributed by atoms with Gasteiger partial charge in [-0.2, -0.15) is 13.2 Å². The molecule has 0 heterocycles. The van der Waals surface area contributed by atoms with Gasteiger partial charge < -0.3 is 15.4 Å². The molecule has 0 unspecified atom stereocenters. The lowest BCUT2D eigenvalue weighted by atomic mass is 9.79. The Bertz CT molecular complexity index is 291. The predicted octanol–water partition coefficient (Wildman–Crippen LogP) is 1.54. The summed E-state index contributed by atoms with van der Waals surface area (Å²) < 4.78 is 42.3. The fourth-order valence-electron chi connectivity index (χ4n) is 2.25. The lowest BCUT2D eigenvalue weighted by Crippen LogP contribution is -2.44. The lowest BCUT2D eigenvalue weighted by molar-refractivity contribution is -0.162. The van der Waals surface area contributed by atoms with Crippen molar-refractivity contribution < 1.29 is 22.7 Å². The third kappa shape index (κ3) is 5.78. The van der Waals surface area contributed by atoms with Crippen LogP contribution in [0.2, 0.25) is 0 Å². The third-order valence-corrected chi connectivity index (χ3v) is 3.18. The Morgan fingerprint density at radius 3 is 2.53 bits per heavy atom. The van der Waals surface area contributed by atoms with Gasteiger partial charge in [0.25, 0.3) is 0 Å². The molecular formula is C12H21F3N2O2. The summed E-state index contributed by atoms with van der Waals surface area (Å²) in [4.78, 5) is 12.6. The summed E-state index contributed by atoms with van der Waals surface area (Å²) in [7, 11) is 0. The summed E-state index contributed by atoms with van der Waals surface area (Å²) >= 11 is 0. The number of carbonyl (C=O) groups is 1. The Labute approximate surface area is 111 Å². The van der Waals surface area contributed by atoms with Crippen molar-refractivity contribution in [3.63, 3.8) is 0 Å². The molecule has 1 amide bonds. The van der Waals surface area contributed by atoms with E-state index in [4.69, 9.17) is 10.5 Å². The van der Waals surface area contributed by atoms with Crippen LogP contribution in [-0.2, 0) is 9.53 Å². The van der Waals surface area contributed by atoms with Crippen molar-refractivity contribution in [2.75, 3.05) is 26.2 Å². The molecule has 7 heteroatoms. The van der Waals surface area contributed by atoms with Gasteiger partial charge in [-0.3, -0.25) is 4.79 Å². The minimum Gasteiger partial charge on any atom is -0.378 e. The van der Waals surface area contributed by atoms with E-state index < -0.39 is 18.6 Å². The van der Waals surface area contributed by atoms with Crippen LogP contribution in [0, 0.1) is 5.92 Å². The zero-order chi connectivity index (χ0) is 14.5. The summed E-state index contributed by atoms with van der Waals surface area (Å²) in [6.45, 7) is 1.28. The zero-order valence-electron chi connectivity index (χ0n) is 11.1. The first-order chi connectivity index (χ1) is 8.85. The van der Waals surface area contributed by atoms with Crippen molar-refractivity contribution in [3.8, 4) is 0 Å². The van der Waals surface area contributed by atoms with Crippen LogP contribution >= 0.6 is 0 Å². The topological polar surface area (TPSA) is 55.6 Å². The van der Waals surface area contributed by atoms with Gasteiger partial charge in [0.05, 0.1) is 6.10 Å². The third-order valence-electron chi connectivity index (χ3n) is 3.18. The molecule has 0 aromatic rings. The van der Waals surface area contributed by atoms with Crippen LogP contribution in [-0.4, -0.2) is 49.3 Å². The van der Waals surface area contributed by atoms with Gasteiger partial charge in [0.2, 0.25) is 5.91 Å². The van der Waals surface area contributed by atoms with Gasteiger partial charge in [0, 0.05) is 26.1 Å². The molecular weight excluding hydrogens is 261 g/mol. The minimum atomic E-state index is -4.38. The first-order valence-corrected chi connectivity index (χ1v) is 6.52. The number of hydrogen-bond donors (Lipinski definition) is 1. The molecule has 0 spiro atoms. The number of ether oxygens (including phenoxy) is 1. The molecule has 0 aliphatic heterocycles. The predicted molar refractivity (Wildman–Crippen MR) is 64.4 cm³/mol. The summed E-state index contributed by atoms with van der Waals surface area (Å²) in [5.41, 5.74) is 5.24. The van der Waals surface area contributed by atoms with Crippen molar-refractivity contribution in [1.82, 2.24) is 4.90 Å². The maximum Gasteiger partial charge on any atom is 0.406 e. The molecule has 0 atom stereocenters. The normalized spacial score (nSPS) is 23.0. The Balaban J connectivity index is 2.37. The number of alkyl halides is 3. The highest BCUT2D eigenvalue weighted by molar-refractivity contribution is 5.76. The molecule has 4 nitrogen and oxygen atoms in total. The smallest absolute Gasteiger partial charge is 0.378 e. The first kappa shape index (κ1) is 16.2. The fraction of sp³-hybridized carbons (Fsp3) is 0.917. The Hall–Kier alpha value is -0.820. The monoisotopic (exact) mass is 282 g/mol. The molecule has 1 aliphatic rings. The largest absolute Gasteiger partial charge is 0.406 e. The SMILES string of the molecule is CCOC1CC(CC(=O)N(CCN)CC(F)(F)F)C1. The van der Waals surface area contributed by atoms with Gasteiger partial charge in [0.15, 0.2) is 0 Å². The van der Waals surface area contributed by atoms with Crippen LogP contribution in [0.3, 0.4) is 0 Å². The van der Waals surface area contributed by atoms with E-state index in [0.717, 1.165) is 17.7 Å². The van der Waals surface area contributed by atoms with Crippen LogP contribution in [0.1, 0.15) is 26.2 Å². The zero-order valence-corrected chi connectivity index (χ0v) is 11.1. The number of nitrogens with zero attached hydrogens (tertiary/aromatic N) is 1. The van der Waals surface area contributed by atoms with Crippen LogP contribution in [0.4, 0.5) is 13.2 Å². The van der Waals surface area contributed by atoms with Gasteiger partial charge in [-0.25, -0.2) is 0 Å². The molecule has 2 N–H and O–H groups in total. The standard InChI is InChI=1S/C12H21F3N2O2/c1-2-19-10-5-9(6-10)7-11(18)17(4-3-16)8-12(13,14)15/h9-10H,2-8,16H2,1H3. The number of hydrogen-bond acceptors (Lipinski definition) is 3. The van der Waals surface area contributed by atoms with E-state index in [1.54, 1.807) is 0 Å². The maximum atomic E-state index is 12.3. The van der Waals surface area contributed by atoms with Crippen LogP contribution in [0.15, 0.2) is 0 Å². The molecule has 1 fully saturated rings. The van der Waals surface area contributed by atoms with Crippen molar-refractivity contribution in [2.24, 2.45) is 11.7 Å². The maximum absolute atomic E-state index is 12.3. The van der Waals surface area contributed by atoms with Crippen LogP contribution in [0.5, 0.6) is 0 Å². The average Bonchev–Trinajstić information content (AvgIpc) is 2.23. The van der Waals surface area contributed by atoms with E-state index in [-0.39, 0.29) is 31.5 Å². The summed E-state index contributed by atoms with van der Waals surface area (Å²) in [6.07, 6.45) is -2.56. The van der Waals surface area contributed by atoms with Crippen molar-refractivity contribution in [3.05, 3.63) is 0 Å². The molecule has 1 aliphatic carbocycles. The Morgan fingerprint density at radius 2 is 2.05 bits per heavy atom. The van der Waals surface area contributed by atoms with Gasteiger partial charge in [-0.05, 0) is 25.7 Å². The number of halogens is 3. The van der Waals surface area contributed by atoms with E-state index in [1.807, 2.05) is 6.92 Å². The number of amides is 1. The highest BCUT2D eigenvalue weighted by atomic mass is 19.4. The van der Waals surface area contributed by atoms with E-state index in [9.17, 15) is 18.0 Å². The second kappa shape index (κ2) is 7.09. The molecule has 0 aromatic carbocycles. The molecule has 19 heavy (non-hydrogen) atoms. The molecule has 1 rings (SSSR count). The number of nitrogens with two attached hydrogens (primary N) is 1. The quantitative estimate of drug-likeness (QED) is 0.770. The first-order valence-electron chi connectivity index (χ1n) is 6.52. The fourth-order valence-corrected chi connectivity index (χ4v) is 2.25. The number of carbonyl (C=O) groups excluding carboxylic acids is 1. The molecule has 1 saturated carbocycles. The van der Waals surface area contributed by atoms with E-state index in [2.05, 4.69) is 0 Å². The average molecular weight is 282 g/mol. The Morgan fingerprint density at radius 1 is 1.42 bits per heavy atom. The van der Waals surface area contributed by atoms with Gasteiger partial charge in [-0.1, -0.05) is 0 Å². The van der Waals surface area contributed by atoms with Crippen molar-refractivity contribution >= 4 is 5.91 Å². The lowest BCUT2D eigenvalue weighted by Gasteiger charge is -2.35. The second-order valence-electron chi connectivity index (χ2n) is 4.84. The summed E-state index contributed by atoms with van der Waals surface area (Å²) in [5, 5.41) is 0. The molecule has 0 aromatic heterocycles. The molecule has 0 radical (unpaired) electrons. The van der Waals surface area contributed by atoms with Gasteiger partial charge >= 0.3 is 6.18 Å².